The highest BCUT2D eigenvalue weighted by Gasteiger charge is 2.05. The Balaban J connectivity index is 1.98. The molecule has 21 heavy (non-hydrogen) atoms. The molecule has 0 radical (unpaired) electrons. The minimum Gasteiger partial charge on any atom is -0.497 e. The van der Waals surface area contributed by atoms with Gasteiger partial charge in [-0.1, -0.05) is 12.1 Å². The summed E-state index contributed by atoms with van der Waals surface area (Å²) in [5, 5.41) is 11.9. The SMILES string of the molecule is COc1ccc(C(C)Nc2ccc(OCC#N)cc2)cc1. The van der Waals surface area contributed by atoms with Crippen LogP contribution in [0.15, 0.2) is 48.5 Å². The molecule has 0 amide bonds. The van der Waals surface area contributed by atoms with Crippen LogP contribution in [0.25, 0.3) is 0 Å². The molecule has 1 N–H and O–H groups in total. The lowest BCUT2D eigenvalue weighted by Gasteiger charge is -2.16. The van der Waals surface area contributed by atoms with Crippen molar-refractivity contribution in [1.82, 2.24) is 0 Å². The van der Waals surface area contributed by atoms with Gasteiger partial charge in [-0.25, -0.2) is 0 Å². The van der Waals surface area contributed by atoms with E-state index in [2.05, 4.69) is 12.2 Å². The first-order chi connectivity index (χ1) is 10.2. The molecule has 2 aromatic rings. The lowest BCUT2D eigenvalue weighted by Crippen LogP contribution is -2.06. The molecule has 0 heterocycles. The fourth-order valence-corrected chi connectivity index (χ4v) is 1.99. The third kappa shape index (κ3) is 4.15. The predicted molar refractivity (Wildman–Crippen MR) is 82.6 cm³/mol. The highest BCUT2D eigenvalue weighted by molar-refractivity contribution is 5.48. The summed E-state index contributed by atoms with van der Waals surface area (Å²) in [7, 11) is 1.66. The molecule has 0 spiro atoms. The molecular weight excluding hydrogens is 264 g/mol. The Bertz CT molecular complexity index is 600. The molecule has 0 aromatic heterocycles. The van der Waals surface area contributed by atoms with Crippen LogP contribution in [0.5, 0.6) is 11.5 Å². The number of ether oxygens (including phenoxy) is 2. The van der Waals surface area contributed by atoms with Gasteiger partial charge in [0.1, 0.15) is 17.6 Å². The van der Waals surface area contributed by atoms with E-state index in [0.29, 0.717) is 5.75 Å². The van der Waals surface area contributed by atoms with Crippen LogP contribution in [0.1, 0.15) is 18.5 Å². The zero-order valence-electron chi connectivity index (χ0n) is 12.2. The first-order valence-corrected chi connectivity index (χ1v) is 6.73. The van der Waals surface area contributed by atoms with E-state index in [1.54, 1.807) is 7.11 Å². The van der Waals surface area contributed by atoms with Gasteiger partial charge >= 0.3 is 0 Å². The molecule has 108 valence electrons. The quantitative estimate of drug-likeness (QED) is 0.876. The average Bonchev–Trinajstić information content (AvgIpc) is 2.54. The minimum atomic E-state index is 0.0645. The van der Waals surface area contributed by atoms with E-state index in [9.17, 15) is 0 Å². The topological polar surface area (TPSA) is 54.3 Å². The van der Waals surface area contributed by atoms with Crippen LogP contribution < -0.4 is 14.8 Å². The van der Waals surface area contributed by atoms with Gasteiger partial charge in [-0.2, -0.15) is 5.26 Å². The molecule has 4 heteroatoms. The number of rotatable bonds is 6. The fraction of sp³-hybridized carbons (Fsp3) is 0.235. The van der Waals surface area contributed by atoms with Crippen molar-refractivity contribution in [2.75, 3.05) is 19.0 Å². The number of hydrogen-bond acceptors (Lipinski definition) is 4. The number of nitrogens with one attached hydrogen (secondary N) is 1. The van der Waals surface area contributed by atoms with E-state index in [-0.39, 0.29) is 12.6 Å². The summed E-state index contributed by atoms with van der Waals surface area (Å²) in [5.41, 5.74) is 2.18. The Morgan fingerprint density at radius 2 is 1.67 bits per heavy atom. The molecule has 2 aromatic carbocycles. The highest BCUT2D eigenvalue weighted by Crippen LogP contribution is 2.23. The van der Waals surface area contributed by atoms with Gasteiger partial charge in [0.25, 0.3) is 0 Å². The maximum atomic E-state index is 8.47. The largest absolute Gasteiger partial charge is 0.497 e. The lowest BCUT2D eigenvalue weighted by atomic mass is 10.1. The van der Waals surface area contributed by atoms with E-state index in [1.165, 1.54) is 5.56 Å². The summed E-state index contributed by atoms with van der Waals surface area (Å²) in [6, 6.07) is 17.7. The number of nitriles is 1. The number of benzene rings is 2. The van der Waals surface area contributed by atoms with Crippen molar-refractivity contribution in [2.45, 2.75) is 13.0 Å². The van der Waals surface area contributed by atoms with E-state index in [1.807, 2.05) is 54.6 Å². The standard InChI is InChI=1S/C17H18N2O2/c1-13(14-3-7-16(20-2)8-4-14)19-15-5-9-17(10-6-15)21-12-11-18/h3-10,13,19H,12H2,1-2H3. The van der Waals surface area contributed by atoms with Gasteiger partial charge in [-0.05, 0) is 48.9 Å². The maximum Gasteiger partial charge on any atom is 0.174 e. The van der Waals surface area contributed by atoms with Crippen LogP contribution >= 0.6 is 0 Å². The molecule has 0 aliphatic carbocycles. The summed E-state index contributed by atoms with van der Waals surface area (Å²) in [4.78, 5) is 0. The van der Waals surface area contributed by atoms with Crippen LogP contribution in [0, 0.1) is 11.3 Å². The third-order valence-electron chi connectivity index (χ3n) is 3.16. The molecule has 0 aliphatic rings. The second kappa shape index (κ2) is 7.20. The summed E-state index contributed by atoms with van der Waals surface area (Å²) in [6.07, 6.45) is 0. The van der Waals surface area contributed by atoms with E-state index in [0.717, 1.165) is 11.4 Å². The van der Waals surface area contributed by atoms with E-state index < -0.39 is 0 Å². The molecule has 1 unspecified atom stereocenters. The number of methoxy groups -OCH3 is 1. The number of nitrogens with zero attached hydrogens (tertiary/aromatic N) is 1. The predicted octanol–water partition coefficient (Wildman–Crippen LogP) is 3.77. The number of anilines is 1. The van der Waals surface area contributed by atoms with Gasteiger partial charge in [0.2, 0.25) is 0 Å². The Morgan fingerprint density at radius 1 is 1.05 bits per heavy atom. The molecule has 0 saturated heterocycles. The summed E-state index contributed by atoms with van der Waals surface area (Å²) >= 11 is 0. The summed E-state index contributed by atoms with van der Waals surface area (Å²) in [5.74, 6) is 1.55. The lowest BCUT2D eigenvalue weighted by molar-refractivity contribution is 0.368. The minimum absolute atomic E-state index is 0.0645. The molecule has 4 nitrogen and oxygen atoms in total. The highest BCUT2D eigenvalue weighted by atomic mass is 16.5. The van der Waals surface area contributed by atoms with Crippen LogP contribution in [0.2, 0.25) is 0 Å². The Morgan fingerprint density at radius 3 is 2.24 bits per heavy atom. The van der Waals surface area contributed by atoms with Crippen LogP contribution in [-0.2, 0) is 0 Å². The molecule has 0 aliphatic heterocycles. The fourth-order valence-electron chi connectivity index (χ4n) is 1.99. The van der Waals surface area contributed by atoms with Gasteiger partial charge < -0.3 is 14.8 Å². The average molecular weight is 282 g/mol. The van der Waals surface area contributed by atoms with Gasteiger partial charge in [-0.3, -0.25) is 0 Å². The first kappa shape index (κ1) is 14.7. The smallest absolute Gasteiger partial charge is 0.174 e. The zero-order valence-corrected chi connectivity index (χ0v) is 12.2. The number of hydrogen-bond donors (Lipinski definition) is 1. The molecule has 0 fully saturated rings. The van der Waals surface area contributed by atoms with Gasteiger partial charge in [-0.15, -0.1) is 0 Å². The van der Waals surface area contributed by atoms with Gasteiger partial charge in [0.15, 0.2) is 6.61 Å². The van der Waals surface area contributed by atoms with Crippen molar-refractivity contribution in [3.8, 4) is 17.6 Å². The molecule has 0 bridgehead atoms. The zero-order chi connectivity index (χ0) is 15.1. The second-order valence-corrected chi connectivity index (χ2v) is 4.61. The van der Waals surface area contributed by atoms with Gasteiger partial charge in [0.05, 0.1) is 7.11 Å². The Labute approximate surface area is 124 Å². The third-order valence-corrected chi connectivity index (χ3v) is 3.16. The molecule has 2 rings (SSSR count). The Kier molecular flexibility index (Phi) is 5.05. The first-order valence-electron chi connectivity index (χ1n) is 6.73. The van der Waals surface area contributed by atoms with Crippen LogP contribution in [-0.4, -0.2) is 13.7 Å². The van der Waals surface area contributed by atoms with Crippen molar-refractivity contribution in [1.29, 1.82) is 5.26 Å². The van der Waals surface area contributed by atoms with E-state index in [4.69, 9.17) is 14.7 Å². The summed E-state index contributed by atoms with van der Waals surface area (Å²) < 4.78 is 10.4. The van der Waals surface area contributed by atoms with Gasteiger partial charge in [0, 0.05) is 11.7 Å². The van der Waals surface area contributed by atoms with Crippen molar-refractivity contribution >= 4 is 5.69 Å². The molecule has 0 saturated carbocycles. The van der Waals surface area contributed by atoms with Crippen LogP contribution in [0.3, 0.4) is 0 Å². The Hall–Kier alpha value is -2.67. The van der Waals surface area contributed by atoms with Crippen LogP contribution in [0.4, 0.5) is 5.69 Å². The van der Waals surface area contributed by atoms with Crippen molar-refractivity contribution < 1.29 is 9.47 Å². The normalized spacial score (nSPS) is 11.3. The van der Waals surface area contributed by atoms with Crippen molar-refractivity contribution in [2.24, 2.45) is 0 Å². The monoisotopic (exact) mass is 282 g/mol. The maximum absolute atomic E-state index is 8.47. The summed E-state index contributed by atoms with van der Waals surface area (Å²) in [6.45, 7) is 2.16. The molecular formula is C17H18N2O2. The van der Waals surface area contributed by atoms with Crippen molar-refractivity contribution in [3.63, 3.8) is 0 Å². The molecule has 1 atom stereocenters. The second-order valence-electron chi connectivity index (χ2n) is 4.61. The van der Waals surface area contributed by atoms with E-state index >= 15 is 0 Å². The van der Waals surface area contributed by atoms with Crippen molar-refractivity contribution in [3.05, 3.63) is 54.1 Å².